The van der Waals surface area contributed by atoms with Gasteiger partial charge in [-0.3, -0.25) is 4.79 Å². The van der Waals surface area contributed by atoms with E-state index in [4.69, 9.17) is 0 Å². The predicted octanol–water partition coefficient (Wildman–Crippen LogP) is 1.20. The zero-order valence-electron chi connectivity index (χ0n) is 17.2. The Bertz CT molecular complexity index is 1180. The first-order chi connectivity index (χ1) is 14.3. The average molecular weight is 429 g/mol. The molecule has 0 spiro atoms. The maximum absolute atomic E-state index is 13.2. The Labute approximate surface area is 175 Å². The number of carbonyl (C=O) groups is 1. The third kappa shape index (κ3) is 3.41. The van der Waals surface area contributed by atoms with Crippen molar-refractivity contribution in [2.45, 2.75) is 24.9 Å². The van der Waals surface area contributed by atoms with Crippen molar-refractivity contribution in [1.29, 1.82) is 0 Å². The zero-order chi connectivity index (χ0) is 21.5. The number of nitrogens with zero attached hydrogens (tertiary/aromatic N) is 5. The fourth-order valence-corrected chi connectivity index (χ4v) is 5.12. The van der Waals surface area contributed by atoms with Gasteiger partial charge < -0.3 is 14.5 Å². The van der Waals surface area contributed by atoms with Gasteiger partial charge in [0.2, 0.25) is 0 Å². The van der Waals surface area contributed by atoms with Gasteiger partial charge in [-0.1, -0.05) is 30.3 Å². The van der Waals surface area contributed by atoms with E-state index in [1.54, 1.807) is 25.6 Å². The predicted molar refractivity (Wildman–Crippen MR) is 111 cm³/mol. The van der Waals surface area contributed by atoms with Crippen LogP contribution in [-0.2, 0) is 30.0 Å². The molecule has 0 fully saturated rings. The number of carbonyl (C=O) groups excluding carboxylic acids is 1. The normalized spacial score (nSPS) is 14.9. The van der Waals surface area contributed by atoms with Crippen molar-refractivity contribution in [2.24, 2.45) is 7.05 Å². The smallest absolute Gasteiger partial charge is 0.271 e. The fraction of sp³-hybridized carbons (Fsp3) is 0.350. The van der Waals surface area contributed by atoms with Crippen molar-refractivity contribution < 1.29 is 13.2 Å². The Balaban J connectivity index is 1.72. The molecule has 0 atom stereocenters. The van der Waals surface area contributed by atoms with Crippen LogP contribution in [-0.4, -0.2) is 57.9 Å². The Morgan fingerprint density at radius 2 is 1.83 bits per heavy atom. The number of benzene rings is 1. The summed E-state index contributed by atoms with van der Waals surface area (Å²) in [6, 6.07) is 9.60. The molecule has 30 heavy (non-hydrogen) atoms. The Hall–Kier alpha value is -2.98. The van der Waals surface area contributed by atoms with Gasteiger partial charge in [-0.15, -0.1) is 0 Å². The largest absolute Gasteiger partial charge is 0.354 e. The van der Waals surface area contributed by atoms with E-state index < -0.39 is 10.0 Å². The molecule has 0 bridgehead atoms. The maximum atomic E-state index is 13.2. The molecule has 1 aliphatic rings. The molecule has 2 aromatic heterocycles. The molecule has 0 aliphatic carbocycles. The lowest BCUT2D eigenvalue weighted by atomic mass is 10.2. The van der Waals surface area contributed by atoms with Gasteiger partial charge in [0, 0.05) is 51.9 Å². The second kappa shape index (κ2) is 7.69. The number of sulfonamides is 1. The summed E-state index contributed by atoms with van der Waals surface area (Å²) in [7, 11) is -0.402. The molecule has 0 radical (unpaired) electrons. The Kier molecular flexibility index (Phi) is 5.20. The molecular formula is C20H24N6O3S. The molecule has 0 unspecified atom stereocenters. The van der Waals surface area contributed by atoms with Crippen LogP contribution in [0, 0.1) is 6.92 Å². The summed E-state index contributed by atoms with van der Waals surface area (Å²) in [6.07, 6.45) is 1.91. The molecule has 158 valence electrons. The van der Waals surface area contributed by atoms with Gasteiger partial charge in [-0.2, -0.15) is 4.31 Å². The van der Waals surface area contributed by atoms with E-state index in [9.17, 15) is 13.2 Å². The Morgan fingerprint density at radius 1 is 1.10 bits per heavy atom. The van der Waals surface area contributed by atoms with Crippen LogP contribution in [0.3, 0.4) is 0 Å². The van der Waals surface area contributed by atoms with E-state index in [0.717, 1.165) is 11.3 Å². The molecule has 1 amide bonds. The van der Waals surface area contributed by atoms with Crippen LogP contribution in [0.1, 0.15) is 22.0 Å². The van der Waals surface area contributed by atoms with Crippen LogP contribution in [0.15, 0.2) is 41.6 Å². The summed E-state index contributed by atoms with van der Waals surface area (Å²) in [5, 5.41) is 2.68. The highest BCUT2D eigenvalue weighted by Crippen LogP contribution is 2.26. The second-order valence-corrected chi connectivity index (χ2v) is 9.10. The van der Waals surface area contributed by atoms with Crippen LogP contribution < -0.4 is 5.32 Å². The number of rotatable bonds is 4. The van der Waals surface area contributed by atoms with Crippen molar-refractivity contribution in [3.05, 3.63) is 53.7 Å². The minimum Gasteiger partial charge on any atom is -0.354 e. The lowest BCUT2D eigenvalue weighted by Crippen LogP contribution is -2.34. The molecule has 3 aromatic rings. The molecule has 0 saturated carbocycles. The summed E-state index contributed by atoms with van der Waals surface area (Å²) in [5.74, 6) is 1.02. The first-order valence-corrected chi connectivity index (χ1v) is 11.1. The van der Waals surface area contributed by atoms with E-state index in [1.807, 2.05) is 34.9 Å². The molecule has 9 nitrogen and oxygen atoms in total. The molecule has 4 rings (SSSR count). The van der Waals surface area contributed by atoms with Gasteiger partial charge in [0.1, 0.15) is 17.3 Å². The lowest BCUT2D eigenvalue weighted by Gasteiger charge is -2.18. The molecule has 0 saturated heterocycles. The van der Waals surface area contributed by atoms with Crippen LogP contribution in [0.5, 0.6) is 0 Å². The number of hydrogen-bond donors (Lipinski definition) is 1. The van der Waals surface area contributed by atoms with E-state index in [-0.39, 0.29) is 24.0 Å². The molecule has 3 heterocycles. The number of hydrogen-bond acceptors (Lipinski definition) is 5. The summed E-state index contributed by atoms with van der Waals surface area (Å²) in [6.45, 7) is 2.69. The summed E-state index contributed by atoms with van der Waals surface area (Å²) >= 11 is 0. The molecule has 1 aliphatic heterocycles. The number of aryl methyl sites for hydroxylation is 2. The van der Waals surface area contributed by atoms with Gasteiger partial charge in [0.15, 0.2) is 5.03 Å². The molecule has 10 heteroatoms. The van der Waals surface area contributed by atoms with Gasteiger partial charge in [-0.05, 0) is 6.92 Å². The summed E-state index contributed by atoms with van der Waals surface area (Å²) < 4.78 is 31.4. The number of nitrogens with one attached hydrogen (secondary N) is 1. The number of imidazole rings is 2. The van der Waals surface area contributed by atoms with Crippen molar-refractivity contribution >= 4 is 15.9 Å². The van der Waals surface area contributed by atoms with E-state index in [2.05, 4.69) is 15.3 Å². The first-order valence-electron chi connectivity index (χ1n) is 9.70. The third-order valence-corrected chi connectivity index (χ3v) is 7.18. The highest BCUT2D eigenvalue weighted by atomic mass is 32.2. The van der Waals surface area contributed by atoms with E-state index in [0.29, 0.717) is 30.3 Å². The molecule has 1 aromatic carbocycles. The SMILES string of the molecule is CNC(=O)c1nc(-c2ccccc2)n2c1CCN(S(=O)(=O)c1cn(C)c(C)n1)CC2. The van der Waals surface area contributed by atoms with Crippen molar-refractivity contribution in [3.63, 3.8) is 0 Å². The quantitative estimate of drug-likeness (QED) is 0.673. The standard InChI is InChI=1S/C20H24N6O3S/c1-14-22-17(13-24(14)3)30(28,29)25-10-9-16-18(20(27)21-2)23-19(26(16)12-11-25)15-7-5-4-6-8-15/h4-8,13H,9-12H2,1-3H3,(H,21,27). The van der Waals surface area contributed by atoms with E-state index in [1.165, 1.54) is 10.5 Å². The van der Waals surface area contributed by atoms with Crippen LogP contribution in [0.2, 0.25) is 0 Å². The Morgan fingerprint density at radius 3 is 2.47 bits per heavy atom. The second-order valence-electron chi connectivity index (χ2n) is 7.22. The highest BCUT2D eigenvalue weighted by Gasteiger charge is 2.32. The van der Waals surface area contributed by atoms with Crippen LogP contribution in [0.25, 0.3) is 11.4 Å². The minimum atomic E-state index is -3.73. The average Bonchev–Trinajstić information content (AvgIpc) is 3.19. The monoisotopic (exact) mass is 428 g/mol. The fourth-order valence-electron chi connectivity index (χ4n) is 3.67. The van der Waals surface area contributed by atoms with Gasteiger partial charge in [0.25, 0.3) is 15.9 Å². The first kappa shape index (κ1) is 20.3. The topological polar surface area (TPSA) is 102 Å². The van der Waals surface area contributed by atoms with Gasteiger partial charge in [-0.25, -0.2) is 18.4 Å². The zero-order valence-corrected chi connectivity index (χ0v) is 18.0. The molecule has 1 N–H and O–H groups in total. The lowest BCUT2D eigenvalue weighted by molar-refractivity contribution is 0.0957. The van der Waals surface area contributed by atoms with Crippen molar-refractivity contribution in [1.82, 2.24) is 28.7 Å². The number of fused-ring (bicyclic) bond motifs is 1. The maximum Gasteiger partial charge on any atom is 0.271 e. The number of aromatic nitrogens is 4. The highest BCUT2D eigenvalue weighted by molar-refractivity contribution is 7.89. The van der Waals surface area contributed by atoms with Crippen LogP contribution >= 0.6 is 0 Å². The summed E-state index contributed by atoms with van der Waals surface area (Å²) in [5.41, 5.74) is 1.96. The van der Waals surface area contributed by atoms with Crippen molar-refractivity contribution in [3.8, 4) is 11.4 Å². The molecular weight excluding hydrogens is 404 g/mol. The van der Waals surface area contributed by atoms with Crippen molar-refractivity contribution in [2.75, 3.05) is 20.1 Å². The van der Waals surface area contributed by atoms with E-state index >= 15 is 0 Å². The number of amides is 1. The summed E-state index contributed by atoms with van der Waals surface area (Å²) in [4.78, 5) is 21.3. The van der Waals surface area contributed by atoms with Gasteiger partial charge >= 0.3 is 0 Å². The third-order valence-electron chi connectivity index (χ3n) is 5.41. The van der Waals surface area contributed by atoms with Crippen LogP contribution in [0.4, 0.5) is 0 Å². The van der Waals surface area contributed by atoms with Gasteiger partial charge in [0.05, 0.1) is 5.69 Å². The minimum absolute atomic E-state index is 0.0435.